The highest BCUT2D eigenvalue weighted by Crippen LogP contribution is 2.37. The van der Waals surface area contributed by atoms with E-state index in [0.717, 1.165) is 6.07 Å². The van der Waals surface area contributed by atoms with Crippen molar-refractivity contribution in [1.29, 1.82) is 0 Å². The third kappa shape index (κ3) is 1.91. The molecule has 0 aliphatic heterocycles. The molecule has 4 nitrogen and oxygen atoms in total. The van der Waals surface area contributed by atoms with Gasteiger partial charge in [-0.1, -0.05) is 17.3 Å². The molecule has 3 rings (SSSR count). The topological polar surface area (TPSA) is 64.9 Å². The lowest BCUT2D eigenvalue weighted by molar-refractivity contribution is 0.430. The van der Waals surface area contributed by atoms with Gasteiger partial charge in [0.15, 0.2) is 23.2 Å². The molecule has 0 amide bonds. The maximum Gasteiger partial charge on any atom is 0.180 e. The predicted octanol–water partition coefficient (Wildman–Crippen LogP) is 3.26. The minimum absolute atomic E-state index is 0.0342. The van der Waals surface area contributed by atoms with E-state index in [1.165, 1.54) is 12.1 Å². The van der Waals surface area contributed by atoms with Crippen molar-refractivity contribution in [3.05, 3.63) is 54.4 Å². The molecule has 6 heteroatoms. The summed E-state index contributed by atoms with van der Waals surface area (Å²) in [6.07, 6.45) is 3.14. The van der Waals surface area contributed by atoms with Crippen molar-refractivity contribution in [3.8, 4) is 22.5 Å². The fourth-order valence-electron chi connectivity index (χ4n) is 1.96. The molecule has 100 valence electrons. The van der Waals surface area contributed by atoms with Crippen LogP contribution in [0.1, 0.15) is 0 Å². The van der Waals surface area contributed by atoms with Crippen LogP contribution in [0.5, 0.6) is 0 Å². The number of anilines is 1. The quantitative estimate of drug-likeness (QED) is 0.778. The SMILES string of the molecule is Nc1noc(-c2cccc(F)c2F)c1-c1cccnc1. The van der Waals surface area contributed by atoms with E-state index in [1.807, 2.05) is 0 Å². The molecule has 2 N–H and O–H groups in total. The summed E-state index contributed by atoms with van der Waals surface area (Å²) in [7, 11) is 0. The first-order valence-corrected chi connectivity index (χ1v) is 5.78. The monoisotopic (exact) mass is 273 g/mol. The molecule has 1 aromatic carbocycles. The normalized spacial score (nSPS) is 10.7. The highest BCUT2D eigenvalue weighted by Gasteiger charge is 2.21. The van der Waals surface area contributed by atoms with Gasteiger partial charge in [-0.15, -0.1) is 0 Å². The zero-order valence-corrected chi connectivity index (χ0v) is 10.2. The smallest absolute Gasteiger partial charge is 0.180 e. The van der Waals surface area contributed by atoms with Gasteiger partial charge in [-0.2, -0.15) is 0 Å². The van der Waals surface area contributed by atoms with Gasteiger partial charge in [-0.25, -0.2) is 8.78 Å². The van der Waals surface area contributed by atoms with Crippen LogP contribution in [0.4, 0.5) is 14.6 Å². The number of nitrogens with zero attached hydrogens (tertiary/aromatic N) is 2. The van der Waals surface area contributed by atoms with E-state index in [4.69, 9.17) is 10.3 Å². The summed E-state index contributed by atoms with van der Waals surface area (Å²) in [5.74, 6) is -1.80. The molecule has 0 unspecified atom stereocenters. The zero-order valence-electron chi connectivity index (χ0n) is 10.2. The van der Waals surface area contributed by atoms with Crippen LogP contribution in [0.3, 0.4) is 0 Å². The van der Waals surface area contributed by atoms with E-state index in [9.17, 15) is 8.78 Å². The molecule has 0 radical (unpaired) electrons. The molecular weight excluding hydrogens is 264 g/mol. The molecule has 0 spiro atoms. The summed E-state index contributed by atoms with van der Waals surface area (Å²) < 4.78 is 32.3. The second kappa shape index (κ2) is 4.73. The Morgan fingerprint density at radius 2 is 1.95 bits per heavy atom. The van der Waals surface area contributed by atoms with E-state index < -0.39 is 11.6 Å². The zero-order chi connectivity index (χ0) is 14.1. The Hall–Kier alpha value is -2.76. The molecular formula is C14H9F2N3O. The minimum Gasteiger partial charge on any atom is -0.380 e. The number of nitrogens with two attached hydrogens (primary N) is 1. The number of nitrogen functional groups attached to an aromatic ring is 1. The van der Waals surface area contributed by atoms with Crippen molar-refractivity contribution in [3.63, 3.8) is 0 Å². The highest BCUT2D eigenvalue weighted by atomic mass is 19.2. The number of hydrogen-bond donors (Lipinski definition) is 1. The maximum atomic E-state index is 13.9. The Labute approximate surface area is 112 Å². The van der Waals surface area contributed by atoms with Crippen LogP contribution in [0, 0.1) is 11.6 Å². The maximum absolute atomic E-state index is 13.9. The highest BCUT2D eigenvalue weighted by molar-refractivity contribution is 5.86. The van der Waals surface area contributed by atoms with E-state index in [2.05, 4.69) is 10.1 Å². The van der Waals surface area contributed by atoms with Crippen molar-refractivity contribution in [2.75, 3.05) is 5.73 Å². The first-order valence-electron chi connectivity index (χ1n) is 5.78. The molecule has 0 atom stereocenters. The summed E-state index contributed by atoms with van der Waals surface area (Å²) >= 11 is 0. The number of pyridine rings is 1. The van der Waals surface area contributed by atoms with Crippen LogP contribution in [0.15, 0.2) is 47.2 Å². The molecule has 2 aromatic heterocycles. The van der Waals surface area contributed by atoms with Crippen LogP contribution in [-0.2, 0) is 0 Å². The second-order valence-corrected chi connectivity index (χ2v) is 4.12. The molecule has 0 aliphatic carbocycles. The van der Waals surface area contributed by atoms with Gasteiger partial charge in [0.2, 0.25) is 0 Å². The van der Waals surface area contributed by atoms with Crippen molar-refractivity contribution < 1.29 is 13.3 Å². The van der Waals surface area contributed by atoms with Crippen LogP contribution >= 0.6 is 0 Å². The third-order valence-corrected chi connectivity index (χ3v) is 2.86. The Morgan fingerprint density at radius 3 is 2.70 bits per heavy atom. The van der Waals surface area contributed by atoms with Gasteiger partial charge < -0.3 is 10.3 Å². The minimum atomic E-state index is -1.01. The number of benzene rings is 1. The fourth-order valence-corrected chi connectivity index (χ4v) is 1.96. The second-order valence-electron chi connectivity index (χ2n) is 4.12. The Morgan fingerprint density at radius 1 is 1.10 bits per heavy atom. The predicted molar refractivity (Wildman–Crippen MR) is 69.5 cm³/mol. The van der Waals surface area contributed by atoms with Crippen LogP contribution in [-0.4, -0.2) is 10.1 Å². The third-order valence-electron chi connectivity index (χ3n) is 2.86. The first-order chi connectivity index (χ1) is 9.68. The van der Waals surface area contributed by atoms with Gasteiger partial charge in [0.1, 0.15) is 0 Å². The van der Waals surface area contributed by atoms with Crippen molar-refractivity contribution >= 4 is 5.82 Å². The largest absolute Gasteiger partial charge is 0.380 e. The van der Waals surface area contributed by atoms with Gasteiger partial charge in [-0.3, -0.25) is 4.98 Å². The number of rotatable bonds is 2. The van der Waals surface area contributed by atoms with Crippen LogP contribution < -0.4 is 5.73 Å². The molecule has 0 saturated carbocycles. The Bertz CT molecular complexity index is 756. The summed E-state index contributed by atoms with van der Waals surface area (Å²) in [4.78, 5) is 3.96. The number of aromatic nitrogens is 2. The summed E-state index contributed by atoms with van der Waals surface area (Å²) in [6.45, 7) is 0. The molecule has 0 aliphatic rings. The average Bonchev–Trinajstić information content (AvgIpc) is 2.84. The lowest BCUT2D eigenvalue weighted by atomic mass is 10.0. The summed E-state index contributed by atoms with van der Waals surface area (Å²) in [5, 5.41) is 3.63. The van der Waals surface area contributed by atoms with Crippen molar-refractivity contribution in [2.24, 2.45) is 0 Å². The van der Waals surface area contributed by atoms with Crippen LogP contribution in [0.25, 0.3) is 22.5 Å². The first kappa shape index (κ1) is 12.3. The number of halogens is 2. The van der Waals surface area contributed by atoms with Gasteiger partial charge in [0.25, 0.3) is 0 Å². The van der Waals surface area contributed by atoms with Crippen molar-refractivity contribution in [1.82, 2.24) is 10.1 Å². The average molecular weight is 273 g/mol. The summed E-state index contributed by atoms with van der Waals surface area (Å²) in [5.41, 5.74) is 6.72. The van der Waals surface area contributed by atoms with E-state index in [0.29, 0.717) is 11.1 Å². The van der Waals surface area contributed by atoms with Gasteiger partial charge in [0, 0.05) is 18.0 Å². The lowest BCUT2D eigenvalue weighted by Crippen LogP contribution is -1.92. The Kier molecular flexibility index (Phi) is 2.90. The molecule has 0 bridgehead atoms. The lowest BCUT2D eigenvalue weighted by Gasteiger charge is -2.03. The summed E-state index contributed by atoms with van der Waals surface area (Å²) in [6, 6.07) is 7.25. The van der Waals surface area contributed by atoms with E-state index >= 15 is 0 Å². The van der Waals surface area contributed by atoms with Crippen LogP contribution in [0.2, 0.25) is 0 Å². The van der Waals surface area contributed by atoms with Gasteiger partial charge in [0.05, 0.1) is 11.1 Å². The van der Waals surface area contributed by atoms with E-state index in [1.54, 1.807) is 24.5 Å². The standard InChI is InChI=1S/C14H9F2N3O/c15-10-5-1-4-9(12(10)16)13-11(14(17)19-20-13)8-3-2-6-18-7-8/h1-7H,(H2,17,19). The van der Waals surface area contributed by atoms with Gasteiger partial charge in [-0.05, 0) is 18.2 Å². The Balaban J connectivity index is 2.24. The molecule has 20 heavy (non-hydrogen) atoms. The van der Waals surface area contributed by atoms with Gasteiger partial charge >= 0.3 is 0 Å². The molecule has 0 fully saturated rings. The molecule has 2 heterocycles. The molecule has 3 aromatic rings. The van der Waals surface area contributed by atoms with Crippen molar-refractivity contribution in [2.45, 2.75) is 0 Å². The molecule has 0 saturated heterocycles. The number of hydrogen-bond acceptors (Lipinski definition) is 4. The fraction of sp³-hybridized carbons (Fsp3) is 0. The van der Waals surface area contributed by atoms with E-state index in [-0.39, 0.29) is 17.1 Å².